The zero-order valence-corrected chi connectivity index (χ0v) is 14.2. The Labute approximate surface area is 150 Å². The summed E-state index contributed by atoms with van der Waals surface area (Å²) in [7, 11) is 1.55. The molecule has 0 spiro atoms. The fourth-order valence-corrected chi connectivity index (χ4v) is 2.34. The number of hydrogen-bond acceptors (Lipinski definition) is 4. The average Bonchev–Trinajstić information content (AvgIpc) is 2.68. The number of anilines is 1. The Hall–Kier alpha value is -3.54. The van der Waals surface area contributed by atoms with Gasteiger partial charge in [0, 0.05) is 24.0 Å². The van der Waals surface area contributed by atoms with E-state index in [0.29, 0.717) is 11.4 Å². The van der Waals surface area contributed by atoms with E-state index in [4.69, 9.17) is 9.47 Å². The largest absolute Gasteiger partial charge is 0.497 e. The Bertz CT molecular complexity index is 951. The van der Waals surface area contributed by atoms with Crippen molar-refractivity contribution in [2.45, 2.75) is 6.61 Å². The first-order chi connectivity index (χ1) is 12.7. The Morgan fingerprint density at radius 1 is 1.08 bits per heavy atom. The molecule has 0 aliphatic heterocycles. The summed E-state index contributed by atoms with van der Waals surface area (Å²) in [6.07, 6.45) is 1.39. The van der Waals surface area contributed by atoms with Crippen molar-refractivity contribution in [3.8, 4) is 11.5 Å². The predicted octanol–water partition coefficient (Wildman–Crippen LogP) is 3.21. The second-order valence-electron chi connectivity index (χ2n) is 5.54. The number of amides is 1. The lowest BCUT2D eigenvalue weighted by Gasteiger charge is -2.08. The summed E-state index contributed by atoms with van der Waals surface area (Å²) in [6.45, 7) is 0.277. The number of aromatic amines is 1. The summed E-state index contributed by atoms with van der Waals surface area (Å²) in [5.74, 6) is 0.359. The van der Waals surface area contributed by atoms with E-state index in [9.17, 15) is 9.59 Å². The van der Waals surface area contributed by atoms with Crippen LogP contribution in [0.15, 0.2) is 71.7 Å². The molecule has 0 saturated heterocycles. The number of rotatable bonds is 6. The zero-order chi connectivity index (χ0) is 18.4. The molecule has 26 heavy (non-hydrogen) atoms. The fraction of sp³-hybridized carbons (Fsp3) is 0.100. The van der Waals surface area contributed by atoms with Crippen LogP contribution in [0.5, 0.6) is 11.5 Å². The molecule has 3 aromatic rings. The quantitative estimate of drug-likeness (QED) is 0.715. The molecule has 0 aliphatic carbocycles. The molecule has 2 N–H and O–H groups in total. The highest BCUT2D eigenvalue weighted by atomic mass is 16.5. The second-order valence-corrected chi connectivity index (χ2v) is 5.54. The van der Waals surface area contributed by atoms with Crippen molar-refractivity contribution < 1.29 is 14.3 Å². The molecule has 0 atom stereocenters. The summed E-state index contributed by atoms with van der Waals surface area (Å²) in [6, 6.07) is 17.7. The first kappa shape index (κ1) is 17.3. The molecule has 6 heteroatoms. The predicted molar refractivity (Wildman–Crippen MR) is 98.8 cm³/mol. The number of benzene rings is 2. The van der Waals surface area contributed by atoms with E-state index in [0.717, 1.165) is 5.56 Å². The van der Waals surface area contributed by atoms with Crippen molar-refractivity contribution in [2.24, 2.45) is 0 Å². The van der Waals surface area contributed by atoms with E-state index in [1.54, 1.807) is 31.4 Å². The van der Waals surface area contributed by atoms with Gasteiger partial charge in [0.2, 0.25) is 5.43 Å². The molecule has 0 fully saturated rings. The van der Waals surface area contributed by atoms with Crippen molar-refractivity contribution >= 4 is 11.6 Å². The van der Waals surface area contributed by atoms with Crippen molar-refractivity contribution in [3.05, 3.63) is 88.3 Å². The molecule has 132 valence electrons. The topological polar surface area (TPSA) is 80.4 Å². The van der Waals surface area contributed by atoms with Gasteiger partial charge in [0.05, 0.1) is 7.11 Å². The molecule has 0 unspecified atom stereocenters. The van der Waals surface area contributed by atoms with E-state index < -0.39 is 5.91 Å². The highest BCUT2D eigenvalue weighted by Gasteiger charge is 2.10. The standard InChI is InChI=1S/C20H18N2O4/c1-25-16-9-5-8-15(10-16)22-20(24)17-11-18(23)19(12-21-17)26-13-14-6-3-2-4-7-14/h2-12H,13H2,1H3,(H,21,23)(H,22,24). The third-order valence-electron chi connectivity index (χ3n) is 3.69. The minimum absolute atomic E-state index is 0.143. The molecule has 2 aromatic carbocycles. The third kappa shape index (κ3) is 4.30. The van der Waals surface area contributed by atoms with Gasteiger partial charge in [0.15, 0.2) is 5.75 Å². The van der Waals surface area contributed by atoms with Crippen LogP contribution in [-0.2, 0) is 6.61 Å². The van der Waals surface area contributed by atoms with Crippen LogP contribution < -0.4 is 20.2 Å². The number of hydrogen-bond donors (Lipinski definition) is 2. The summed E-state index contributed by atoms with van der Waals surface area (Å²) in [5, 5.41) is 2.71. The van der Waals surface area contributed by atoms with Gasteiger partial charge in [-0.1, -0.05) is 36.4 Å². The lowest BCUT2D eigenvalue weighted by atomic mass is 10.2. The van der Waals surface area contributed by atoms with Crippen molar-refractivity contribution in [1.82, 2.24) is 4.98 Å². The Morgan fingerprint density at radius 3 is 2.62 bits per heavy atom. The van der Waals surface area contributed by atoms with Gasteiger partial charge >= 0.3 is 0 Å². The summed E-state index contributed by atoms with van der Waals surface area (Å²) in [4.78, 5) is 27.3. The second kappa shape index (κ2) is 8.02. The van der Waals surface area contributed by atoms with Crippen LogP contribution in [0.2, 0.25) is 0 Å². The molecule has 3 rings (SSSR count). The van der Waals surface area contributed by atoms with Gasteiger partial charge in [-0.25, -0.2) is 0 Å². The van der Waals surface area contributed by atoms with Crippen LogP contribution >= 0.6 is 0 Å². The van der Waals surface area contributed by atoms with E-state index >= 15 is 0 Å². The van der Waals surface area contributed by atoms with Gasteiger partial charge in [-0.2, -0.15) is 0 Å². The van der Waals surface area contributed by atoms with E-state index in [1.807, 2.05) is 30.3 Å². The van der Waals surface area contributed by atoms with Crippen LogP contribution in [0.25, 0.3) is 0 Å². The van der Waals surface area contributed by atoms with E-state index in [-0.39, 0.29) is 23.5 Å². The Kier molecular flexibility index (Phi) is 5.34. The lowest BCUT2D eigenvalue weighted by Crippen LogP contribution is -2.17. The normalized spacial score (nSPS) is 10.2. The Morgan fingerprint density at radius 2 is 1.88 bits per heavy atom. The Balaban J connectivity index is 1.68. The fourth-order valence-electron chi connectivity index (χ4n) is 2.34. The highest BCUT2D eigenvalue weighted by Crippen LogP contribution is 2.17. The SMILES string of the molecule is COc1cccc(NC(=O)c2cc(=O)c(OCc3ccccc3)c[nH]2)c1. The smallest absolute Gasteiger partial charge is 0.272 e. The maximum Gasteiger partial charge on any atom is 0.272 e. The van der Waals surface area contributed by atoms with Gasteiger partial charge in [-0.3, -0.25) is 9.59 Å². The molecular weight excluding hydrogens is 332 g/mol. The number of ether oxygens (including phenoxy) is 2. The molecule has 0 saturated carbocycles. The summed E-state index contributed by atoms with van der Waals surface area (Å²) in [5.41, 5.74) is 1.30. The molecule has 0 radical (unpaired) electrons. The molecule has 0 bridgehead atoms. The first-order valence-electron chi connectivity index (χ1n) is 8.00. The van der Waals surface area contributed by atoms with Gasteiger partial charge < -0.3 is 19.8 Å². The van der Waals surface area contributed by atoms with Crippen LogP contribution in [0, 0.1) is 0 Å². The number of carbonyl (C=O) groups is 1. The van der Waals surface area contributed by atoms with E-state index in [1.165, 1.54) is 12.3 Å². The van der Waals surface area contributed by atoms with Gasteiger partial charge in [-0.15, -0.1) is 0 Å². The van der Waals surface area contributed by atoms with Crippen LogP contribution in [0.4, 0.5) is 5.69 Å². The van der Waals surface area contributed by atoms with Gasteiger partial charge in [0.1, 0.15) is 18.1 Å². The number of aromatic nitrogens is 1. The molecule has 6 nitrogen and oxygen atoms in total. The van der Waals surface area contributed by atoms with Crippen LogP contribution in [0.3, 0.4) is 0 Å². The summed E-state index contributed by atoms with van der Waals surface area (Å²) < 4.78 is 10.6. The van der Waals surface area contributed by atoms with Crippen molar-refractivity contribution in [3.63, 3.8) is 0 Å². The molecule has 1 aromatic heterocycles. The van der Waals surface area contributed by atoms with Crippen LogP contribution in [0.1, 0.15) is 16.1 Å². The number of pyridine rings is 1. The lowest BCUT2D eigenvalue weighted by molar-refractivity contribution is 0.102. The minimum Gasteiger partial charge on any atom is -0.497 e. The van der Waals surface area contributed by atoms with E-state index in [2.05, 4.69) is 10.3 Å². The number of H-pyrrole nitrogens is 1. The van der Waals surface area contributed by atoms with Gasteiger partial charge in [0.25, 0.3) is 5.91 Å². The first-order valence-corrected chi connectivity index (χ1v) is 8.00. The summed E-state index contributed by atoms with van der Waals surface area (Å²) >= 11 is 0. The van der Waals surface area contributed by atoms with Crippen molar-refractivity contribution in [1.29, 1.82) is 0 Å². The van der Waals surface area contributed by atoms with Crippen LogP contribution in [-0.4, -0.2) is 18.0 Å². The number of nitrogens with one attached hydrogen (secondary N) is 2. The monoisotopic (exact) mass is 350 g/mol. The maximum atomic E-state index is 12.3. The minimum atomic E-state index is -0.426. The molecular formula is C20H18N2O4. The number of carbonyl (C=O) groups excluding carboxylic acids is 1. The zero-order valence-electron chi connectivity index (χ0n) is 14.2. The maximum absolute atomic E-state index is 12.3. The molecule has 0 aliphatic rings. The number of methoxy groups -OCH3 is 1. The van der Waals surface area contributed by atoms with Gasteiger partial charge in [-0.05, 0) is 17.7 Å². The molecule has 1 heterocycles. The average molecular weight is 350 g/mol. The highest BCUT2D eigenvalue weighted by molar-refractivity contribution is 6.02. The molecule has 1 amide bonds. The van der Waals surface area contributed by atoms with Crippen molar-refractivity contribution in [2.75, 3.05) is 12.4 Å². The third-order valence-corrected chi connectivity index (χ3v) is 3.69.